The van der Waals surface area contributed by atoms with E-state index in [1.807, 2.05) is 17.5 Å². The lowest BCUT2D eigenvalue weighted by molar-refractivity contribution is 1.28. The second-order valence-electron chi connectivity index (χ2n) is 2.87. The molecular weight excluding hydrogens is 278 g/mol. The van der Waals surface area contributed by atoms with Crippen molar-refractivity contribution < 1.29 is 0 Å². The predicted octanol–water partition coefficient (Wildman–Crippen LogP) is 4.02. The molecule has 0 N–H and O–H groups in total. The Morgan fingerprint density at radius 1 is 1.50 bits per heavy atom. The first kappa shape index (κ1) is 10.0. The molecule has 0 spiro atoms. The molecule has 0 aliphatic heterocycles. The number of nitriles is 1. The van der Waals surface area contributed by atoms with Gasteiger partial charge in [0.05, 0.1) is 12.5 Å². The minimum atomic E-state index is 0.456. The summed E-state index contributed by atoms with van der Waals surface area (Å²) in [6.45, 7) is 0. The molecule has 0 aliphatic carbocycles. The third-order valence-electron chi connectivity index (χ3n) is 2.01. The van der Waals surface area contributed by atoms with Gasteiger partial charge in [-0.2, -0.15) is 5.26 Å². The van der Waals surface area contributed by atoms with Crippen molar-refractivity contribution in [1.82, 2.24) is 0 Å². The molecule has 2 rings (SSSR count). The number of halogens is 1. The number of fused-ring (bicyclic) bond motifs is 1. The Bertz CT molecular complexity index is 525. The van der Waals surface area contributed by atoms with Gasteiger partial charge in [0.25, 0.3) is 0 Å². The SMILES string of the molecule is N#CCc1ccc(S)c2c(Br)csc12. The summed E-state index contributed by atoms with van der Waals surface area (Å²) >= 11 is 9.52. The molecule has 1 aromatic carbocycles. The van der Waals surface area contributed by atoms with Gasteiger partial charge < -0.3 is 0 Å². The fraction of sp³-hybridized carbons (Fsp3) is 0.100. The fourth-order valence-corrected chi connectivity index (χ4v) is 3.70. The first-order valence-electron chi connectivity index (χ1n) is 3.98. The zero-order valence-electron chi connectivity index (χ0n) is 7.12. The molecule has 0 bridgehead atoms. The van der Waals surface area contributed by atoms with Crippen molar-refractivity contribution in [3.63, 3.8) is 0 Å². The van der Waals surface area contributed by atoms with E-state index in [-0.39, 0.29) is 0 Å². The van der Waals surface area contributed by atoms with E-state index in [1.54, 1.807) is 11.3 Å². The van der Waals surface area contributed by atoms with Crippen LogP contribution in [0.25, 0.3) is 10.1 Å². The molecule has 1 nitrogen and oxygen atoms in total. The maximum Gasteiger partial charge on any atom is 0.0670 e. The summed E-state index contributed by atoms with van der Waals surface area (Å²) in [5.74, 6) is 0. The van der Waals surface area contributed by atoms with Crippen LogP contribution in [0.4, 0.5) is 0 Å². The Morgan fingerprint density at radius 2 is 2.29 bits per heavy atom. The Kier molecular flexibility index (Phi) is 2.82. The molecule has 0 aliphatic rings. The molecular formula is C10H6BrNS2. The van der Waals surface area contributed by atoms with Gasteiger partial charge in [-0.1, -0.05) is 6.07 Å². The number of rotatable bonds is 1. The maximum absolute atomic E-state index is 8.68. The van der Waals surface area contributed by atoms with Crippen molar-refractivity contribution in [3.05, 3.63) is 27.5 Å². The van der Waals surface area contributed by atoms with Crippen LogP contribution in [0.15, 0.2) is 26.9 Å². The van der Waals surface area contributed by atoms with E-state index in [0.29, 0.717) is 6.42 Å². The van der Waals surface area contributed by atoms with Gasteiger partial charge in [-0.25, -0.2) is 0 Å². The zero-order chi connectivity index (χ0) is 10.1. The summed E-state index contributed by atoms with van der Waals surface area (Å²) in [6.07, 6.45) is 0.456. The summed E-state index contributed by atoms with van der Waals surface area (Å²) in [6, 6.07) is 6.08. The number of benzene rings is 1. The lowest BCUT2D eigenvalue weighted by Crippen LogP contribution is -1.82. The van der Waals surface area contributed by atoms with Crippen LogP contribution in [0.5, 0.6) is 0 Å². The summed E-state index contributed by atoms with van der Waals surface area (Å²) in [7, 11) is 0. The van der Waals surface area contributed by atoms with Crippen LogP contribution in [-0.2, 0) is 6.42 Å². The van der Waals surface area contributed by atoms with Crippen LogP contribution in [0, 0.1) is 11.3 Å². The fourth-order valence-electron chi connectivity index (χ4n) is 1.37. The average molecular weight is 284 g/mol. The van der Waals surface area contributed by atoms with Crippen molar-refractivity contribution in [2.24, 2.45) is 0 Å². The molecule has 0 saturated carbocycles. The molecule has 2 aromatic rings. The molecule has 0 atom stereocenters. The van der Waals surface area contributed by atoms with E-state index in [4.69, 9.17) is 5.26 Å². The second-order valence-corrected chi connectivity index (χ2v) is 5.08. The van der Waals surface area contributed by atoms with Crippen LogP contribution >= 0.6 is 39.9 Å². The summed E-state index contributed by atoms with van der Waals surface area (Å²) in [5, 5.41) is 11.8. The van der Waals surface area contributed by atoms with Crippen molar-refractivity contribution in [2.75, 3.05) is 0 Å². The molecule has 0 fully saturated rings. The van der Waals surface area contributed by atoms with Crippen molar-refractivity contribution >= 4 is 50.0 Å². The lowest BCUT2D eigenvalue weighted by atomic mass is 10.1. The van der Waals surface area contributed by atoms with E-state index in [9.17, 15) is 0 Å². The van der Waals surface area contributed by atoms with E-state index in [0.717, 1.165) is 25.0 Å². The first-order chi connectivity index (χ1) is 6.74. The van der Waals surface area contributed by atoms with E-state index >= 15 is 0 Å². The topological polar surface area (TPSA) is 23.8 Å². The smallest absolute Gasteiger partial charge is 0.0670 e. The minimum absolute atomic E-state index is 0.456. The molecule has 0 unspecified atom stereocenters. The number of nitrogens with zero attached hydrogens (tertiary/aromatic N) is 1. The van der Waals surface area contributed by atoms with Crippen LogP contribution in [-0.4, -0.2) is 0 Å². The highest BCUT2D eigenvalue weighted by atomic mass is 79.9. The van der Waals surface area contributed by atoms with Crippen LogP contribution in [0.1, 0.15) is 5.56 Å². The largest absolute Gasteiger partial charge is 0.198 e. The molecule has 0 radical (unpaired) electrons. The van der Waals surface area contributed by atoms with Crippen molar-refractivity contribution in [1.29, 1.82) is 5.26 Å². The highest BCUT2D eigenvalue weighted by Gasteiger charge is 2.08. The van der Waals surface area contributed by atoms with Crippen molar-refractivity contribution in [2.45, 2.75) is 11.3 Å². The van der Waals surface area contributed by atoms with Crippen LogP contribution < -0.4 is 0 Å². The van der Waals surface area contributed by atoms with Gasteiger partial charge in [-0.05, 0) is 27.6 Å². The Labute approximate surface area is 99.9 Å². The molecule has 0 amide bonds. The number of hydrogen-bond donors (Lipinski definition) is 1. The van der Waals surface area contributed by atoms with E-state index in [2.05, 4.69) is 34.6 Å². The Balaban J connectivity index is 2.78. The first-order valence-corrected chi connectivity index (χ1v) is 6.10. The predicted molar refractivity (Wildman–Crippen MR) is 66.1 cm³/mol. The molecule has 0 saturated heterocycles. The summed E-state index contributed by atoms with van der Waals surface area (Å²) < 4.78 is 2.22. The minimum Gasteiger partial charge on any atom is -0.198 e. The van der Waals surface area contributed by atoms with Gasteiger partial charge in [0.2, 0.25) is 0 Å². The van der Waals surface area contributed by atoms with E-state index in [1.165, 1.54) is 0 Å². The highest BCUT2D eigenvalue weighted by Crippen LogP contribution is 2.36. The lowest BCUT2D eigenvalue weighted by Gasteiger charge is -2.00. The van der Waals surface area contributed by atoms with Crippen LogP contribution in [0.2, 0.25) is 0 Å². The Hall–Kier alpha value is -0.500. The average Bonchev–Trinajstić information content (AvgIpc) is 2.54. The maximum atomic E-state index is 8.68. The van der Waals surface area contributed by atoms with Gasteiger partial charge in [-0.3, -0.25) is 0 Å². The zero-order valence-corrected chi connectivity index (χ0v) is 10.4. The number of thiol groups is 1. The standard InChI is InChI=1S/C10H6BrNS2/c11-7-5-14-10-6(3-4-12)1-2-8(13)9(7)10/h1-2,5,13H,3H2. The molecule has 4 heteroatoms. The molecule has 1 aromatic heterocycles. The third kappa shape index (κ3) is 1.56. The highest BCUT2D eigenvalue weighted by molar-refractivity contribution is 9.10. The Morgan fingerprint density at radius 3 is 3.00 bits per heavy atom. The second kappa shape index (κ2) is 3.93. The quantitative estimate of drug-likeness (QED) is 0.786. The summed E-state index contributed by atoms with van der Waals surface area (Å²) in [4.78, 5) is 0.954. The third-order valence-corrected chi connectivity index (χ3v) is 4.36. The van der Waals surface area contributed by atoms with Gasteiger partial charge >= 0.3 is 0 Å². The van der Waals surface area contributed by atoms with Gasteiger partial charge in [0.15, 0.2) is 0 Å². The van der Waals surface area contributed by atoms with Gasteiger partial charge in [-0.15, -0.1) is 24.0 Å². The summed E-state index contributed by atoms with van der Waals surface area (Å²) in [5.41, 5.74) is 1.08. The monoisotopic (exact) mass is 283 g/mol. The van der Waals surface area contributed by atoms with Gasteiger partial charge in [0.1, 0.15) is 0 Å². The van der Waals surface area contributed by atoms with Gasteiger partial charge in [0, 0.05) is 24.8 Å². The van der Waals surface area contributed by atoms with Crippen LogP contribution in [0.3, 0.4) is 0 Å². The number of thiophene rings is 1. The molecule has 14 heavy (non-hydrogen) atoms. The van der Waals surface area contributed by atoms with E-state index < -0.39 is 0 Å². The molecule has 1 heterocycles. The van der Waals surface area contributed by atoms with Crippen molar-refractivity contribution in [3.8, 4) is 6.07 Å². The molecule has 70 valence electrons. The normalized spacial score (nSPS) is 10.4. The number of hydrogen-bond acceptors (Lipinski definition) is 3.